The van der Waals surface area contributed by atoms with Crippen LogP contribution in [0.2, 0.25) is 0 Å². The molecule has 0 saturated carbocycles. The van der Waals surface area contributed by atoms with Crippen LogP contribution in [0.4, 0.5) is 41.1 Å². The molecule has 1 fully saturated rings. The summed E-state index contributed by atoms with van der Waals surface area (Å²) in [4.78, 5) is 20.4. The number of alkyl halides is 3. The summed E-state index contributed by atoms with van der Waals surface area (Å²) >= 11 is 0. The van der Waals surface area contributed by atoms with Gasteiger partial charge in [-0.15, -0.1) is 23.4 Å². The third kappa shape index (κ3) is 6.03. The maximum Gasteiger partial charge on any atom is 0.573 e. The number of para-hydroxylation sites is 2. The number of nitrogens with one attached hydrogen (secondary N) is 2. The lowest BCUT2D eigenvalue weighted by Crippen LogP contribution is -2.50. The van der Waals surface area contributed by atoms with Crippen molar-refractivity contribution in [3.63, 3.8) is 0 Å². The molecule has 2 N–H and O–H groups in total. The zero-order valence-electron chi connectivity index (χ0n) is 18.2. The number of hydrogen-bond donors (Lipinski definition) is 2. The lowest BCUT2D eigenvalue weighted by atomic mass is 10.3. The number of benzene rings is 1. The van der Waals surface area contributed by atoms with Crippen molar-refractivity contribution in [2.24, 2.45) is 0 Å². The van der Waals surface area contributed by atoms with E-state index in [9.17, 15) is 18.0 Å². The highest BCUT2D eigenvalue weighted by atomic mass is 19.4. The first-order valence-electron chi connectivity index (χ1n) is 10.5. The molecule has 0 spiro atoms. The number of ether oxygens (including phenoxy) is 1. The molecule has 3 aromatic rings. The third-order valence-electron chi connectivity index (χ3n) is 5.06. The summed E-state index contributed by atoms with van der Waals surface area (Å²) in [5, 5.41) is 14.0. The summed E-state index contributed by atoms with van der Waals surface area (Å²) in [6.45, 7) is 3.67. The smallest absolute Gasteiger partial charge is 0.404 e. The molecular formula is C22H22F3N7O2. The summed E-state index contributed by atoms with van der Waals surface area (Å²) in [6, 6.07) is 12.3. The van der Waals surface area contributed by atoms with Crippen LogP contribution in [0.5, 0.6) is 5.75 Å². The molecule has 2 amide bonds. The second-order valence-electron chi connectivity index (χ2n) is 7.57. The van der Waals surface area contributed by atoms with Crippen LogP contribution in [0.25, 0.3) is 0 Å². The first-order chi connectivity index (χ1) is 16.3. The SMILES string of the molecule is Cc1ccc(Nc2ccc(N3CCN(C(=O)Nc4ccccc4OC(F)(F)F)CC3)nn2)nc1. The predicted octanol–water partition coefficient (Wildman–Crippen LogP) is 4.18. The number of piperazine rings is 1. The largest absolute Gasteiger partial charge is 0.573 e. The average molecular weight is 473 g/mol. The quantitative estimate of drug-likeness (QED) is 0.574. The van der Waals surface area contributed by atoms with Gasteiger partial charge >= 0.3 is 12.4 Å². The van der Waals surface area contributed by atoms with Crippen LogP contribution < -0.4 is 20.3 Å². The van der Waals surface area contributed by atoms with Crippen molar-refractivity contribution in [1.82, 2.24) is 20.1 Å². The molecule has 34 heavy (non-hydrogen) atoms. The van der Waals surface area contributed by atoms with Crippen molar-refractivity contribution in [1.29, 1.82) is 0 Å². The highest BCUT2D eigenvalue weighted by molar-refractivity contribution is 5.91. The van der Waals surface area contributed by atoms with E-state index in [1.165, 1.54) is 23.1 Å². The average Bonchev–Trinajstić information content (AvgIpc) is 2.81. The van der Waals surface area contributed by atoms with E-state index < -0.39 is 18.1 Å². The van der Waals surface area contributed by atoms with Gasteiger partial charge in [0, 0.05) is 32.4 Å². The standard InChI is InChI=1S/C22H22F3N7O2/c1-15-6-7-18(26-14-15)28-19-8-9-20(30-29-19)31-10-12-32(13-11-31)21(33)27-16-4-2-3-5-17(16)34-22(23,24)25/h2-9,14H,10-13H2,1H3,(H,27,33)(H,26,28,29). The molecule has 178 valence electrons. The topological polar surface area (TPSA) is 95.5 Å². The predicted molar refractivity (Wildman–Crippen MR) is 120 cm³/mol. The first kappa shape index (κ1) is 23.1. The number of halogens is 3. The lowest BCUT2D eigenvalue weighted by molar-refractivity contribution is -0.274. The second kappa shape index (κ2) is 9.81. The molecule has 2 aromatic heterocycles. The maximum atomic E-state index is 12.6. The van der Waals surface area contributed by atoms with E-state index in [1.807, 2.05) is 30.0 Å². The number of rotatable bonds is 5. The molecule has 3 heterocycles. The highest BCUT2D eigenvalue weighted by Crippen LogP contribution is 2.30. The van der Waals surface area contributed by atoms with E-state index in [0.717, 1.165) is 11.6 Å². The Balaban J connectivity index is 1.31. The summed E-state index contributed by atoms with van der Waals surface area (Å²) < 4.78 is 41.8. The van der Waals surface area contributed by atoms with Gasteiger partial charge in [-0.05, 0) is 42.8 Å². The van der Waals surface area contributed by atoms with E-state index in [4.69, 9.17) is 0 Å². The minimum Gasteiger partial charge on any atom is -0.404 e. The molecule has 0 aliphatic carbocycles. The lowest BCUT2D eigenvalue weighted by Gasteiger charge is -2.35. The molecule has 9 nitrogen and oxygen atoms in total. The zero-order chi connectivity index (χ0) is 24.1. The molecule has 0 atom stereocenters. The second-order valence-corrected chi connectivity index (χ2v) is 7.57. The van der Waals surface area contributed by atoms with Crippen LogP contribution in [0.3, 0.4) is 0 Å². The van der Waals surface area contributed by atoms with Crippen molar-refractivity contribution >= 4 is 29.2 Å². The van der Waals surface area contributed by atoms with Gasteiger partial charge in [0.15, 0.2) is 17.4 Å². The first-order valence-corrected chi connectivity index (χ1v) is 10.5. The van der Waals surface area contributed by atoms with E-state index >= 15 is 0 Å². The van der Waals surface area contributed by atoms with Gasteiger partial charge < -0.3 is 25.2 Å². The molecule has 0 bridgehead atoms. The zero-order valence-corrected chi connectivity index (χ0v) is 18.2. The van der Waals surface area contributed by atoms with Gasteiger partial charge in [0.2, 0.25) is 0 Å². The molecule has 0 radical (unpaired) electrons. The Bertz CT molecular complexity index is 1120. The van der Waals surface area contributed by atoms with Crippen LogP contribution in [-0.2, 0) is 0 Å². The number of amides is 2. The van der Waals surface area contributed by atoms with Gasteiger partial charge in [-0.2, -0.15) is 0 Å². The molecule has 1 aliphatic heterocycles. The van der Waals surface area contributed by atoms with Crippen LogP contribution in [0, 0.1) is 6.92 Å². The van der Waals surface area contributed by atoms with E-state index in [-0.39, 0.29) is 5.69 Å². The maximum absolute atomic E-state index is 12.6. The monoisotopic (exact) mass is 473 g/mol. The number of nitrogens with zero attached hydrogens (tertiary/aromatic N) is 5. The summed E-state index contributed by atoms with van der Waals surface area (Å²) in [5.41, 5.74) is 1.00. The Hall–Kier alpha value is -4.09. The van der Waals surface area contributed by atoms with Crippen LogP contribution in [0.15, 0.2) is 54.7 Å². The molecule has 0 unspecified atom stereocenters. The number of carbonyl (C=O) groups is 1. The van der Waals surface area contributed by atoms with Gasteiger partial charge in [0.1, 0.15) is 5.82 Å². The van der Waals surface area contributed by atoms with Crippen LogP contribution in [0.1, 0.15) is 5.56 Å². The van der Waals surface area contributed by atoms with Crippen molar-refractivity contribution in [3.8, 4) is 5.75 Å². The number of aromatic nitrogens is 3. The fourth-order valence-electron chi connectivity index (χ4n) is 3.35. The molecule has 12 heteroatoms. The van der Waals surface area contributed by atoms with Crippen molar-refractivity contribution in [2.75, 3.05) is 41.7 Å². The summed E-state index contributed by atoms with van der Waals surface area (Å²) in [6.07, 6.45) is -3.10. The van der Waals surface area contributed by atoms with Gasteiger partial charge in [0.25, 0.3) is 0 Å². The molecule has 1 aromatic carbocycles. The molecule has 4 rings (SSSR count). The number of carbonyl (C=O) groups excluding carboxylic acids is 1. The van der Waals surface area contributed by atoms with E-state index in [0.29, 0.717) is 43.6 Å². The number of aryl methyl sites for hydroxylation is 1. The highest BCUT2D eigenvalue weighted by Gasteiger charge is 2.32. The van der Waals surface area contributed by atoms with Crippen LogP contribution >= 0.6 is 0 Å². The van der Waals surface area contributed by atoms with Gasteiger partial charge in [-0.25, -0.2) is 9.78 Å². The number of urea groups is 1. The third-order valence-corrected chi connectivity index (χ3v) is 5.06. The van der Waals surface area contributed by atoms with Gasteiger partial charge in [-0.3, -0.25) is 0 Å². The van der Waals surface area contributed by atoms with Crippen LogP contribution in [-0.4, -0.2) is 58.7 Å². The normalized spacial score (nSPS) is 14.0. The minimum absolute atomic E-state index is 0.0516. The minimum atomic E-state index is -4.85. The number of anilines is 4. The molecule has 1 aliphatic rings. The Labute approximate surface area is 193 Å². The van der Waals surface area contributed by atoms with Crippen molar-refractivity contribution < 1.29 is 22.7 Å². The van der Waals surface area contributed by atoms with Crippen molar-refractivity contribution in [2.45, 2.75) is 13.3 Å². The molecule has 1 saturated heterocycles. The molecular weight excluding hydrogens is 451 g/mol. The number of hydrogen-bond acceptors (Lipinski definition) is 7. The Morgan fingerprint density at radius 3 is 2.35 bits per heavy atom. The summed E-state index contributed by atoms with van der Waals surface area (Å²) in [7, 11) is 0. The van der Waals surface area contributed by atoms with E-state index in [1.54, 1.807) is 12.3 Å². The van der Waals surface area contributed by atoms with Gasteiger partial charge in [0.05, 0.1) is 5.69 Å². The van der Waals surface area contributed by atoms with Gasteiger partial charge in [-0.1, -0.05) is 18.2 Å². The number of pyridine rings is 1. The summed E-state index contributed by atoms with van der Waals surface area (Å²) in [5.74, 6) is 1.41. The van der Waals surface area contributed by atoms with Crippen molar-refractivity contribution in [3.05, 3.63) is 60.3 Å². The Morgan fingerprint density at radius 2 is 1.71 bits per heavy atom. The fourth-order valence-corrected chi connectivity index (χ4v) is 3.35. The van der Waals surface area contributed by atoms with E-state index in [2.05, 4.69) is 30.6 Å². The fraction of sp³-hybridized carbons (Fsp3) is 0.273. The Kier molecular flexibility index (Phi) is 6.66. The Morgan fingerprint density at radius 1 is 0.971 bits per heavy atom.